The highest BCUT2D eigenvalue weighted by Crippen LogP contribution is 2.31. The van der Waals surface area contributed by atoms with Gasteiger partial charge < -0.3 is 10.6 Å². The lowest BCUT2D eigenvalue weighted by molar-refractivity contribution is -0.384. The summed E-state index contributed by atoms with van der Waals surface area (Å²) in [4.78, 5) is 13.2. The maximum absolute atomic E-state index is 11.0. The van der Waals surface area contributed by atoms with Gasteiger partial charge in [-0.3, -0.25) is 15.0 Å². The van der Waals surface area contributed by atoms with Gasteiger partial charge in [0.05, 0.1) is 4.92 Å². The molecule has 2 heterocycles. The van der Waals surface area contributed by atoms with Crippen molar-refractivity contribution in [1.29, 1.82) is 0 Å². The molecule has 2 unspecified atom stereocenters. The number of non-ortho nitro benzene ring substituents is 1. The van der Waals surface area contributed by atoms with Crippen molar-refractivity contribution in [2.24, 2.45) is 0 Å². The van der Waals surface area contributed by atoms with Crippen LogP contribution in [0.5, 0.6) is 0 Å². The number of nitrogens with one attached hydrogen (secondary N) is 2. The first-order valence-corrected chi connectivity index (χ1v) is 7.65. The van der Waals surface area contributed by atoms with Gasteiger partial charge in [-0.1, -0.05) is 6.42 Å². The molecule has 2 N–H and O–H groups in total. The second-order valence-electron chi connectivity index (χ2n) is 5.91. The number of nitro groups is 1. The maximum atomic E-state index is 11.0. The summed E-state index contributed by atoms with van der Waals surface area (Å²) in [6.45, 7) is 2.33. The van der Waals surface area contributed by atoms with Crippen LogP contribution in [0.4, 0.5) is 17.1 Å². The molecule has 2 aliphatic rings. The van der Waals surface area contributed by atoms with E-state index in [0.29, 0.717) is 12.1 Å². The first-order chi connectivity index (χ1) is 10.2. The lowest BCUT2D eigenvalue weighted by atomic mass is 9.99. The Bertz CT molecular complexity index is 534. The van der Waals surface area contributed by atoms with Crippen molar-refractivity contribution in [1.82, 2.24) is 4.90 Å². The van der Waals surface area contributed by atoms with Gasteiger partial charge in [-0.05, 0) is 31.9 Å². The van der Waals surface area contributed by atoms with Crippen molar-refractivity contribution in [3.8, 4) is 0 Å². The Morgan fingerprint density at radius 2 is 2.00 bits per heavy atom. The first-order valence-electron chi connectivity index (χ1n) is 7.65. The molecule has 0 spiro atoms. The summed E-state index contributed by atoms with van der Waals surface area (Å²) in [7, 11) is 1.78. The minimum Gasteiger partial charge on any atom is -0.388 e. The molecule has 6 nitrogen and oxygen atoms in total. The van der Waals surface area contributed by atoms with Gasteiger partial charge in [0.15, 0.2) is 0 Å². The average molecular weight is 290 g/mol. The van der Waals surface area contributed by atoms with Crippen molar-refractivity contribution < 1.29 is 4.92 Å². The van der Waals surface area contributed by atoms with E-state index in [4.69, 9.17) is 0 Å². The van der Waals surface area contributed by atoms with Crippen molar-refractivity contribution in [3.63, 3.8) is 0 Å². The number of piperidine rings is 1. The van der Waals surface area contributed by atoms with Gasteiger partial charge in [0.1, 0.15) is 0 Å². The number of hydrogen-bond acceptors (Lipinski definition) is 5. The molecule has 2 aliphatic heterocycles. The largest absolute Gasteiger partial charge is 0.388 e. The van der Waals surface area contributed by atoms with Crippen LogP contribution in [-0.4, -0.2) is 42.0 Å². The molecule has 0 radical (unpaired) electrons. The summed E-state index contributed by atoms with van der Waals surface area (Å²) in [5.41, 5.74) is 1.74. The third kappa shape index (κ3) is 2.95. The van der Waals surface area contributed by atoms with Crippen LogP contribution in [0, 0.1) is 10.1 Å². The molecule has 0 aliphatic carbocycles. The standard InChI is InChI=1S/C15H22N4O2/c1-16-11-8-12(10-13(9-11)19(20)21)17-14-5-7-18-6-3-2-4-15(14)18/h8-10,14-17H,2-7H2,1H3. The van der Waals surface area contributed by atoms with Crippen LogP contribution in [0.3, 0.4) is 0 Å². The Morgan fingerprint density at radius 1 is 1.19 bits per heavy atom. The molecule has 21 heavy (non-hydrogen) atoms. The fourth-order valence-corrected chi connectivity index (χ4v) is 3.57. The minimum absolute atomic E-state index is 0.128. The van der Waals surface area contributed by atoms with Crippen LogP contribution in [0.1, 0.15) is 25.7 Å². The number of fused-ring (bicyclic) bond motifs is 1. The van der Waals surface area contributed by atoms with Crippen LogP contribution in [0.15, 0.2) is 18.2 Å². The molecule has 0 aromatic heterocycles. The number of anilines is 2. The van der Waals surface area contributed by atoms with Gasteiger partial charge in [-0.25, -0.2) is 0 Å². The molecule has 1 aromatic carbocycles. The summed E-state index contributed by atoms with van der Waals surface area (Å²) < 4.78 is 0. The molecule has 1 aromatic rings. The van der Waals surface area contributed by atoms with E-state index in [0.717, 1.165) is 24.3 Å². The predicted octanol–water partition coefficient (Wildman–Crippen LogP) is 2.68. The monoisotopic (exact) mass is 290 g/mol. The van der Waals surface area contributed by atoms with Crippen molar-refractivity contribution in [2.45, 2.75) is 37.8 Å². The summed E-state index contributed by atoms with van der Waals surface area (Å²) in [5.74, 6) is 0. The number of benzene rings is 1. The Hall–Kier alpha value is -1.82. The normalized spacial score (nSPS) is 25.4. The Morgan fingerprint density at radius 3 is 2.76 bits per heavy atom. The van der Waals surface area contributed by atoms with Gasteiger partial charge in [-0.2, -0.15) is 0 Å². The van der Waals surface area contributed by atoms with E-state index < -0.39 is 0 Å². The van der Waals surface area contributed by atoms with E-state index >= 15 is 0 Å². The highest BCUT2D eigenvalue weighted by Gasteiger charge is 2.35. The minimum atomic E-state index is -0.340. The second-order valence-corrected chi connectivity index (χ2v) is 5.91. The zero-order valence-corrected chi connectivity index (χ0v) is 12.3. The number of nitrogens with zero attached hydrogens (tertiary/aromatic N) is 2. The van der Waals surface area contributed by atoms with Crippen molar-refractivity contribution >= 4 is 17.1 Å². The van der Waals surface area contributed by atoms with Gasteiger partial charge in [-0.15, -0.1) is 0 Å². The Kier molecular flexibility index (Phi) is 3.96. The molecule has 6 heteroatoms. The van der Waals surface area contributed by atoms with E-state index in [1.807, 2.05) is 6.07 Å². The Labute approximate surface area is 124 Å². The van der Waals surface area contributed by atoms with E-state index in [2.05, 4.69) is 15.5 Å². The summed E-state index contributed by atoms with van der Waals surface area (Å²) in [6, 6.07) is 6.12. The lowest BCUT2D eigenvalue weighted by Crippen LogP contribution is -2.41. The second kappa shape index (κ2) is 5.89. The molecular formula is C15H22N4O2. The van der Waals surface area contributed by atoms with Crippen LogP contribution < -0.4 is 10.6 Å². The fraction of sp³-hybridized carbons (Fsp3) is 0.600. The van der Waals surface area contributed by atoms with E-state index in [9.17, 15) is 10.1 Å². The fourth-order valence-electron chi connectivity index (χ4n) is 3.57. The third-order valence-electron chi connectivity index (χ3n) is 4.63. The molecule has 0 saturated carbocycles. The molecule has 2 fully saturated rings. The quantitative estimate of drug-likeness (QED) is 0.659. The van der Waals surface area contributed by atoms with E-state index in [1.165, 1.54) is 25.8 Å². The summed E-state index contributed by atoms with van der Waals surface area (Å²) in [5, 5.41) is 17.5. The predicted molar refractivity (Wildman–Crippen MR) is 83.9 cm³/mol. The van der Waals surface area contributed by atoms with Crippen molar-refractivity contribution in [2.75, 3.05) is 30.8 Å². The van der Waals surface area contributed by atoms with E-state index in [1.54, 1.807) is 19.2 Å². The highest BCUT2D eigenvalue weighted by atomic mass is 16.6. The highest BCUT2D eigenvalue weighted by molar-refractivity contribution is 5.63. The van der Waals surface area contributed by atoms with Gasteiger partial charge in [0.25, 0.3) is 5.69 Å². The molecule has 3 rings (SSSR count). The zero-order chi connectivity index (χ0) is 14.8. The number of hydrogen-bond donors (Lipinski definition) is 2. The SMILES string of the molecule is CNc1cc(NC2CCN3CCCCC23)cc([N+](=O)[O-])c1. The molecule has 0 amide bonds. The molecule has 0 bridgehead atoms. The topological polar surface area (TPSA) is 70.4 Å². The van der Waals surface area contributed by atoms with Gasteiger partial charge >= 0.3 is 0 Å². The average Bonchev–Trinajstić information content (AvgIpc) is 2.90. The van der Waals surface area contributed by atoms with Gasteiger partial charge in [0, 0.05) is 49.2 Å². The summed E-state index contributed by atoms with van der Waals surface area (Å²) >= 11 is 0. The zero-order valence-electron chi connectivity index (χ0n) is 12.3. The molecular weight excluding hydrogens is 268 g/mol. The van der Waals surface area contributed by atoms with Crippen LogP contribution in [0.25, 0.3) is 0 Å². The molecule has 2 atom stereocenters. The first kappa shape index (κ1) is 14.1. The van der Waals surface area contributed by atoms with E-state index in [-0.39, 0.29) is 10.6 Å². The van der Waals surface area contributed by atoms with Crippen molar-refractivity contribution in [3.05, 3.63) is 28.3 Å². The Balaban J connectivity index is 1.78. The maximum Gasteiger partial charge on any atom is 0.273 e. The third-order valence-corrected chi connectivity index (χ3v) is 4.63. The summed E-state index contributed by atoms with van der Waals surface area (Å²) in [6.07, 6.45) is 4.92. The van der Waals surface area contributed by atoms with Crippen LogP contribution in [-0.2, 0) is 0 Å². The van der Waals surface area contributed by atoms with Crippen LogP contribution >= 0.6 is 0 Å². The molecule has 114 valence electrons. The van der Waals surface area contributed by atoms with Gasteiger partial charge in [0.2, 0.25) is 0 Å². The lowest BCUT2D eigenvalue weighted by Gasteiger charge is -2.33. The molecule has 2 saturated heterocycles. The smallest absolute Gasteiger partial charge is 0.273 e. The van der Waals surface area contributed by atoms with Crippen LogP contribution in [0.2, 0.25) is 0 Å². The number of nitro benzene ring substituents is 1. The number of rotatable bonds is 4.